The van der Waals surface area contributed by atoms with Crippen LogP contribution in [0.15, 0.2) is 41.8 Å². The Hall–Kier alpha value is -3.33. The molecule has 8 nitrogen and oxygen atoms in total. The molecule has 1 aliphatic heterocycles. The minimum Gasteiger partial charge on any atom is -0.486 e. The zero-order valence-corrected chi connectivity index (χ0v) is 15.7. The van der Waals surface area contributed by atoms with Crippen molar-refractivity contribution in [2.24, 2.45) is 0 Å². The average Bonchev–Trinajstić information content (AvgIpc) is 2.66. The van der Waals surface area contributed by atoms with Gasteiger partial charge in [-0.15, -0.1) is 0 Å². The van der Waals surface area contributed by atoms with Crippen LogP contribution in [0.2, 0.25) is 0 Å². The van der Waals surface area contributed by atoms with Gasteiger partial charge in [0.25, 0.3) is 5.91 Å². The zero-order chi connectivity index (χ0) is 20.5. The van der Waals surface area contributed by atoms with E-state index in [0.717, 1.165) is 6.26 Å². The van der Waals surface area contributed by atoms with Gasteiger partial charge in [0, 0.05) is 18.4 Å². The van der Waals surface area contributed by atoms with Crippen molar-refractivity contribution < 1.29 is 32.6 Å². The number of hydrogen-bond donors (Lipinski definition) is 2. The number of anilines is 1. The lowest BCUT2D eigenvalue weighted by Crippen LogP contribution is -2.20. The van der Waals surface area contributed by atoms with Crippen molar-refractivity contribution >= 4 is 33.5 Å². The largest absolute Gasteiger partial charge is 0.486 e. The summed E-state index contributed by atoms with van der Waals surface area (Å²) in [6.45, 7) is 4.17. The minimum absolute atomic E-state index is 0.0368. The van der Waals surface area contributed by atoms with Crippen molar-refractivity contribution in [2.75, 3.05) is 24.8 Å². The number of benzene rings is 2. The fraction of sp³-hybridized carbons (Fsp3) is 0.158. The van der Waals surface area contributed by atoms with Gasteiger partial charge in [-0.05, 0) is 17.7 Å². The number of sulfone groups is 1. The first kappa shape index (κ1) is 19.4. The van der Waals surface area contributed by atoms with Crippen LogP contribution in [0.4, 0.5) is 5.69 Å². The van der Waals surface area contributed by atoms with Crippen LogP contribution >= 0.6 is 0 Å². The molecule has 1 amide bonds. The normalized spacial score (nSPS) is 12.9. The quantitative estimate of drug-likeness (QED) is 0.787. The molecule has 0 saturated carbocycles. The van der Waals surface area contributed by atoms with Crippen LogP contribution in [0, 0.1) is 0 Å². The van der Waals surface area contributed by atoms with Crippen molar-refractivity contribution in [1.82, 2.24) is 0 Å². The van der Waals surface area contributed by atoms with E-state index < -0.39 is 21.7 Å². The number of amides is 1. The number of aromatic carboxylic acids is 1. The number of fused-ring (bicyclic) bond motifs is 1. The van der Waals surface area contributed by atoms with Gasteiger partial charge in [-0.3, -0.25) is 4.79 Å². The van der Waals surface area contributed by atoms with Crippen molar-refractivity contribution in [1.29, 1.82) is 0 Å². The summed E-state index contributed by atoms with van der Waals surface area (Å²) < 4.78 is 34.9. The predicted octanol–water partition coefficient (Wildman–Crippen LogP) is 2.45. The minimum atomic E-state index is -3.69. The SMILES string of the molecule is C=Cc1ccc(S(C)(=O)=O)c(C(=O)Nc2cc3c(cc2C(=O)O)OCCO3)c1. The van der Waals surface area contributed by atoms with E-state index >= 15 is 0 Å². The standard InChI is InChI=1S/C19H17NO7S/c1-3-11-4-5-17(28(2,24)25)13(8-11)18(21)20-14-10-16-15(26-6-7-27-16)9-12(14)19(22)23/h3-5,8-10H,1,6-7H2,2H3,(H,20,21)(H,22,23). The fourth-order valence-corrected chi connectivity index (χ4v) is 3.60. The van der Waals surface area contributed by atoms with E-state index in [-0.39, 0.29) is 46.4 Å². The van der Waals surface area contributed by atoms with Gasteiger partial charge in [0.15, 0.2) is 21.3 Å². The number of carbonyl (C=O) groups excluding carboxylic acids is 1. The summed E-state index contributed by atoms with van der Waals surface area (Å²) in [5.74, 6) is -1.51. The Morgan fingerprint density at radius 1 is 1.11 bits per heavy atom. The average molecular weight is 403 g/mol. The fourth-order valence-electron chi connectivity index (χ4n) is 2.73. The molecule has 2 N–H and O–H groups in total. The third-order valence-electron chi connectivity index (χ3n) is 4.04. The number of ether oxygens (including phenoxy) is 2. The maximum atomic E-state index is 12.8. The lowest BCUT2D eigenvalue weighted by atomic mass is 10.1. The molecule has 2 aromatic carbocycles. The molecule has 0 spiro atoms. The summed E-state index contributed by atoms with van der Waals surface area (Å²) in [5.41, 5.74) is 0.174. The van der Waals surface area contributed by atoms with Gasteiger partial charge in [-0.25, -0.2) is 13.2 Å². The first-order valence-corrected chi connectivity index (χ1v) is 10.0. The Balaban J connectivity index is 2.06. The highest BCUT2D eigenvalue weighted by Gasteiger charge is 2.24. The molecule has 0 fully saturated rings. The number of rotatable bonds is 5. The highest BCUT2D eigenvalue weighted by molar-refractivity contribution is 7.90. The van der Waals surface area contributed by atoms with Gasteiger partial charge in [-0.2, -0.15) is 0 Å². The highest BCUT2D eigenvalue weighted by atomic mass is 32.2. The van der Waals surface area contributed by atoms with E-state index in [9.17, 15) is 23.1 Å². The van der Waals surface area contributed by atoms with Gasteiger partial charge < -0.3 is 19.9 Å². The maximum absolute atomic E-state index is 12.8. The van der Waals surface area contributed by atoms with E-state index in [1.165, 1.54) is 36.4 Å². The second-order valence-corrected chi connectivity index (χ2v) is 8.02. The summed E-state index contributed by atoms with van der Waals surface area (Å²) in [4.78, 5) is 24.2. The molecule has 9 heteroatoms. The lowest BCUT2D eigenvalue weighted by molar-refractivity contribution is 0.0697. The van der Waals surface area contributed by atoms with Crippen LogP contribution < -0.4 is 14.8 Å². The topological polar surface area (TPSA) is 119 Å². The lowest BCUT2D eigenvalue weighted by Gasteiger charge is -2.20. The smallest absolute Gasteiger partial charge is 0.337 e. The molecule has 146 valence electrons. The van der Waals surface area contributed by atoms with Gasteiger partial charge in [0.05, 0.1) is 21.7 Å². The van der Waals surface area contributed by atoms with Gasteiger partial charge in [-0.1, -0.05) is 18.7 Å². The van der Waals surface area contributed by atoms with Crippen molar-refractivity contribution in [3.8, 4) is 11.5 Å². The molecule has 2 aromatic rings. The molecule has 0 radical (unpaired) electrons. The van der Waals surface area contributed by atoms with Crippen LogP contribution in [0.3, 0.4) is 0 Å². The zero-order valence-electron chi connectivity index (χ0n) is 14.9. The summed E-state index contributed by atoms with van der Waals surface area (Å²) in [5, 5.41) is 11.9. The molecule has 0 atom stereocenters. The maximum Gasteiger partial charge on any atom is 0.337 e. The molecular formula is C19H17NO7S. The Labute approximate surface area is 161 Å². The number of carboxylic acid groups (broad SMARTS) is 1. The Kier molecular flexibility index (Phi) is 5.10. The third-order valence-corrected chi connectivity index (χ3v) is 5.20. The molecule has 1 aliphatic rings. The second-order valence-electron chi connectivity index (χ2n) is 6.03. The third kappa shape index (κ3) is 3.84. The van der Waals surface area contributed by atoms with Crippen LogP contribution in [-0.4, -0.2) is 44.9 Å². The van der Waals surface area contributed by atoms with E-state index in [2.05, 4.69) is 11.9 Å². The van der Waals surface area contributed by atoms with E-state index in [4.69, 9.17) is 9.47 Å². The van der Waals surface area contributed by atoms with E-state index in [1.54, 1.807) is 0 Å². The van der Waals surface area contributed by atoms with Crippen LogP contribution in [0.25, 0.3) is 6.08 Å². The predicted molar refractivity (Wildman–Crippen MR) is 102 cm³/mol. The molecule has 0 aliphatic carbocycles. The highest BCUT2D eigenvalue weighted by Crippen LogP contribution is 2.36. The summed E-state index contributed by atoms with van der Waals surface area (Å²) in [6, 6.07) is 6.80. The monoisotopic (exact) mass is 403 g/mol. The number of carbonyl (C=O) groups is 2. The first-order chi connectivity index (χ1) is 13.2. The molecule has 3 rings (SSSR count). The summed E-state index contributed by atoms with van der Waals surface area (Å²) >= 11 is 0. The van der Waals surface area contributed by atoms with Gasteiger partial charge in [0.1, 0.15) is 13.2 Å². The number of carboxylic acids is 1. The Bertz CT molecular complexity index is 1090. The van der Waals surface area contributed by atoms with Crippen LogP contribution in [0.5, 0.6) is 11.5 Å². The van der Waals surface area contributed by atoms with E-state index in [0.29, 0.717) is 5.56 Å². The van der Waals surface area contributed by atoms with Crippen LogP contribution in [-0.2, 0) is 9.84 Å². The summed E-state index contributed by atoms with van der Waals surface area (Å²) in [7, 11) is -3.69. The molecule has 0 bridgehead atoms. The Morgan fingerprint density at radius 2 is 1.75 bits per heavy atom. The number of hydrogen-bond acceptors (Lipinski definition) is 6. The molecule has 0 aromatic heterocycles. The Morgan fingerprint density at radius 3 is 2.32 bits per heavy atom. The van der Waals surface area contributed by atoms with Gasteiger partial charge >= 0.3 is 5.97 Å². The second kappa shape index (κ2) is 7.35. The molecule has 0 unspecified atom stereocenters. The molecule has 28 heavy (non-hydrogen) atoms. The van der Waals surface area contributed by atoms with Gasteiger partial charge in [0.2, 0.25) is 0 Å². The molecule has 0 saturated heterocycles. The van der Waals surface area contributed by atoms with Crippen molar-refractivity contribution in [3.63, 3.8) is 0 Å². The van der Waals surface area contributed by atoms with E-state index in [1.807, 2.05) is 0 Å². The van der Waals surface area contributed by atoms with Crippen molar-refractivity contribution in [3.05, 3.63) is 53.6 Å². The molecular weight excluding hydrogens is 386 g/mol. The number of nitrogens with one attached hydrogen (secondary N) is 1. The first-order valence-electron chi connectivity index (χ1n) is 8.15. The van der Waals surface area contributed by atoms with Crippen molar-refractivity contribution in [2.45, 2.75) is 4.90 Å². The molecule has 1 heterocycles. The van der Waals surface area contributed by atoms with Crippen LogP contribution in [0.1, 0.15) is 26.3 Å². The summed E-state index contributed by atoms with van der Waals surface area (Å²) in [6.07, 6.45) is 2.45.